The Morgan fingerprint density at radius 1 is 1.24 bits per heavy atom. The predicted octanol–water partition coefficient (Wildman–Crippen LogP) is 2.40. The summed E-state index contributed by atoms with van der Waals surface area (Å²) in [5, 5.41) is 2.82. The smallest absolute Gasteiger partial charge is 0.372 e. The number of alkyl halides is 3. The number of hydrogen-bond donors (Lipinski definition) is 1. The number of halogens is 3. The molecule has 0 saturated heterocycles. The van der Waals surface area contributed by atoms with Gasteiger partial charge in [0.2, 0.25) is 5.91 Å². The molecule has 1 saturated carbocycles. The van der Waals surface area contributed by atoms with Crippen LogP contribution in [0.3, 0.4) is 0 Å². The van der Waals surface area contributed by atoms with Crippen LogP contribution in [0.1, 0.15) is 38.5 Å². The first-order chi connectivity index (χ1) is 7.97. The van der Waals surface area contributed by atoms with E-state index >= 15 is 0 Å². The van der Waals surface area contributed by atoms with Gasteiger partial charge < -0.3 is 10.1 Å². The van der Waals surface area contributed by atoms with Gasteiger partial charge in [-0.3, -0.25) is 4.79 Å². The van der Waals surface area contributed by atoms with E-state index in [2.05, 4.69) is 10.1 Å². The van der Waals surface area contributed by atoms with Gasteiger partial charge in [-0.1, -0.05) is 19.3 Å². The van der Waals surface area contributed by atoms with Crippen LogP contribution in [0.4, 0.5) is 13.2 Å². The zero-order valence-corrected chi connectivity index (χ0v) is 9.68. The molecule has 1 rings (SSSR count). The Morgan fingerprint density at radius 3 is 2.47 bits per heavy atom. The Hall–Kier alpha value is -0.780. The summed E-state index contributed by atoms with van der Waals surface area (Å²) in [5.74, 6) is -0.223. The minimum Gasteiger partial charge on any atom is -0.372 e. The van der Waals surface area contributed by atoms with E-state index in [-0.39, 0.29) is 25.0 Å². The van der Waals surface area contributed by atoms with E-state index < -0.39 is 12.8 Å². The summed E-state index contributed by atoms with van der Waals surface area (Å²) in [5.41, 5.74) is 0. The van der Waals surface area contributed by atoms with E-state index in [1.165, 1.54) is 6.42 Å². The number of carbonyl (C=O) groups excluding carboxylic acids is 1. The van der Waals surface area contributed by atoms with E-state index in [1.54, 1.807) is 0 Å². The van der Waals surface area contributed by atoms with Gasteiger partial charge in [-0.05, 0) is 12.8 Å². The average Bonchev–Trinajstić information content (AvgIpc) is 2.25. The molecule has 0 aromatic heterocycles. The lowest BCUT2D eigenvalue weighted by Crippen LogP contribution is -2.36. The van der Waals surface area contributed by atoms with Crippen LogP contribution in [0.25, 0.3) is 0 Å². The van der Waals surface area contributed by atoms with Gasteiger partial charge in [0.15, 0.2) is 0 Å². The highest BCUT2D eigenvalue weighted by atomic mass is 19.4. The minimum absolute atomic E-state index is 0.00736. The van der Waals surface area contributed by atoms with Crippen molar-refractivity contribution in [2.45, 2.75) is 50.7 Å². The van der Waals surface area contributed by atoms with Crippen LogP contribution < -0.4 is 5.32 Å². The van der Waals surface area contributed by atoms with Crippen molar-refractivity contribution in [2.24, 2.45) is 0 Å². The third-order valence-electron chi connectivity index (χ3n) is 2.71. The Morgan fingerprint density at radius 2 is 1.88 bits per heavy atom. The summed E-state index contributed by atoms with van der Waals surface area (Å²) in [4.78, 5) is 11.4. The van der Waals surface area contributed by atoms with Crippen LogP contribution in [0, 0.1) is 0 Å². The van der Waals surface area contributed by atoms with E-state index in [9.17, 15) is 18.0 Å². The van der Waals surface area contributed by atoms with E-state index in [0.29, 0.717) is 0 Å². The molecule has 3 nitrogen and oxygen atoms in total. The lowest BCUT2D eigenvalue weighted by molar-refractivity contribution is -0.174. The Kier molecular flexibility index (Phi) is 5.74. The lowest BCUT2D eigenvalue weighted by atomic mass is 9.95. The number of rotatable bonds is 5. The topological polar surface area (TPSA) is 38.3 Å². The standard InChI is InChI=1S/C11H18F3NO2/c12-11(13,14)8-17-7-6-10(16)15-9-4-2-1-3-5-9/h9H,1-8H2,(H,15,16). The molecule has 1 amide bonds. The molecule has 0 aliphatic heterocycles. The van der Waals surface area contributed by atoms with Gasteiger partial charge in [-0.15, -0.1) is 0 Å². The maximum atomic E-state index is 11.7. The van der Waals surface area contributed by atoms with Gasteiger partial charge >= 0.3 is 6.18 Å². The summed E-state index contributed by atoms with van der Waals surface area (Å²) in [7, 11) is 0. The predicted molar refractivity (Wildman–Crippen MR) is 56.5 cm³/mol. The van der Waals surface area contributed by atoms with Crippen LogP contribution in [0.5, 0.6) is 0 Å². The van der Waals surface area contributed by atoms with Gasteiger partial charge in [-0.25, -0.2) is 0 Å². The molecular weight excluding hydrogens is 235 g/mol. The maximum absolute atomic E-state index is 11.7. The van der Waals surface area contributed by atoms with Crippen molar-refractivity contribution in [1.29, 1.82) is 0 Å². The summed E-state index contributed by atoms with van der Waals surface area (Å²) in [6.07, 6.45) is 1.02. The molecule has 0 aromatic carbocycles. The monoisotopic (exact) mass is 253 g/mol. The van der Waals surface area contributed by atoms with E-state index in [0.717, 1.165) is 25.7 Å². The second kappa shape index (κ2) is 6.83. The second-order valence-electron chi connectivity index (χ2n) is 4.32. The number of hydrogen-bond acceptors (Lipinski definition) is 2. The third kappa shape index (κ3) is 7.20. The number of nitrogens with one attached hydrogen (secondary N) is 1. The number of amides is 1. The molecule has 17 heavy (non-hydrogen) atoms. The molecule has 0 bridgehead atoms. The van der Waals surface area contributed by atoms with Crippen LogP contribution in [-0.4, -0.2) is 31.3 Å². The van der Waals surface area contributed by atoms with Gasteiger partial charge in [0.25, 0.3) is 0 Å². The van der Waals surface area contributed by atoms with Gasteiger partial charge in [0.05, 0.1) is 6.61 Å². The van der Waals surface area contributed by atoms with E-state index in [4.69, 9.17) is 0 Å². The molecule has 0 unspecified atom stereocenters. The highest BCUT2D eigenvalue weighted by Crippen LogP contribution is 2.17. The molecule has 0 spiro atoms. The first-order valence-electron chi connectivity index (χ1n) is 5.91. The normalized spacial score (nSPS) is 18.1. The van der Waals surface area contributed by atoms with Crippen molar-refractivity contribution in [1.82, 2.24) is 5.32 Å². The fourth-order valence-corrected chi connectivity index (χ4v) is 1.90. The van der Waals surface area contributed by atoms with Crippen molar-refractivity contribution >= 4 is 5.91 Å². The summed E-state index contributed by atoms with van der Waals surface area (Å²) < 4.78 is 39.6. The molecule has 0 radical (unpaired) electrons. The zero-order valence-electron chi connectivity index (χ0n) is 9.68. The number of ether oxygens (including phenoxy) is 1. The highest BCUT2D eigenvalue weighted by molar-refractivity contribution is 5.76. The Balaban J connectivity index is 2.04. The fourth-order valence-electron chi connectivity index (χ4n) is 1.90. The highest BCUT2D eigenvalue weighted by Gasteiger charge is 2.27. The molecule has 1 N–H and O–H groups in total. The van der Waals surface area contributed by atoms with E-state index in [1.807, 2.05) is 0 Å². The van der Waals surface area contributed by atoms with Crippen molar-refractivity contribution < 1.29 is 22.7 Å². The zero-order chi connectivity index (χ0) is 12.7. The Bertz CT molecular complexity index is 237. The minimum atomic E-state index is -4.32. The first-order valence-corrected chi connectivity index (χ1v) is 5.91. The average molecular weight is 253 g/mol. The van der Waals surface area contributed by atoms with Crippen molar-refractivity contribution in [3.63, 3.8) is 0 Å². The molecule has 100 valence electrons. The molecule has 1 fully saturated rings. The summed E-state index contributed by atoms with van der Waals surface area (Å²) >= 11 is 0. The lowest BCUT2D eigenvalue weighted by Gasteiger charge is -2.22. The van der Waals surface area contributed by atoms with Gasteiger partial charge in [0.1, 0.15) is 6.61 Å². The molecular formula is C11H18F3NO2. The summed E-state index contributed by atoms with van der Waals surface area (Å²) in [6.45, 7) is -1.47. The van der Waals surface area contributed by atoms with Crippen molar-refractivity contribution in [3.8, 4) is 0 Å². The molecule has 1 aliphatic rings. The van der Waals surface area contributed by atoms with Crippen LogP contribution >= 0.6 is 0 Å². The Labute approximate surface area is 98.7 Å². The fraction of sp³-hybridized carbons (Fsp3) is 0.909. The molecule has 1 aliphatic carbocycles. The van der Waals surface area contributed by atoms with Gasteiger partial charge in [0, 0.05) is 12.5 Å². The van der Waals surface area contributed by atoms with Crippen molar-refractivity contribution in [3.05, 3.63) is 0 Å². The largest absolute Gasteiger partial charge is 0.411 e. The molecule has 0 aromatic rings. The second-order valence-corrected chi connectivity index (χ2v) is 4.32. The molecule has 0 atom stereocenters. The SMILES string of the molecule is O=C(CCOCC(F)(F)F)NC1CCCCC1. The third-order valence-corrected chi connectivity index (χ3v) is 2.71. The first kappa shape index (κ1) is 14.3. The van der Waals surface area contributed by atoms with Crippen LogP contribution in [-0.2, 0) is 9.53 Å². The quantitative estimate of drug-likeness (QED) is 0.764. The summed E-state index contributed by atoms with van der Waals surface area (Å²) in [6, 6.07) is 0.193. The maximum Gasteiger partial charge on any atom is 0.411 e. The van der Waals surface area contributed by atoms with Crippen molar-refractivity contribution in [2.75, 3.05) is 13.2 Å². The number of carbonyl (C=O) groups is 1. The van der Waals surface area contributed by atoms with Gasteiger partial charge in [-0.2, -0.15) is 13.2 Å². The molecule has 0 heterocycles. The van der Waals surface area contributed by atoms with Crippen LogP contribution in [0.2, 0.25) is 0 Å². The molecule has 6 heteroatoms. The van der Waals surface area contributed by atoms with Crippen LogP contribution in [0.15, 0.2) is 0 Å².